The van der Waals surface area contributed by atoms with Crippen molar-refractivity contribution in [2.24, 2.45) is 0 Å². The van der Waals surface area contributed by atoms with Crippen molar-refractivity contribution >= 4 is 22.7 Å². The smallest absolute Gasteiger partial charge is 0.262 e. The van der Waals surface area contributed by atoms with Gasteiger partial charge in [0.1, 0.15) is 5.75 Å². The van der Waals surface area contributed by atoms with E-state index in [4.69, 9.17) is 14.5 Å². The van der Waals surface area contributed by atoms with Crippen molar-refractivity contribution in [3.05, 3.63) is 64.4 Å². The average molecular weight is 370 g/mol. The van der Waals surface area contributed by atoms with Crippen molar-refractivity contribution in [2.45, 2.75) is 23.9 Å². The maximum atomic E-state index is 12.9. The van der Waals surface area contributed by atoms with Crippen LogP contribution in [0.4, 0.5) is 0 Å². The molecule has 2 aromatic carbocycles. The summed E-state index contributed by atoms with van der Waals surface area (Å²) >= 11 is 1.56. The van der Waals surface area contributed by atoms with Crippen molar-refractivity contribution in [1.29, 1.82) is 0 Å². The van der Waals surface area contributed by atoms with Gasteiger partial charge in [-0.2, -0.15) is 0 Å². The van der Waals surface area contributed by atoms with Gasteiger partial charge in [-0.25, -0.2) is 4.98 Å². The van der Waals surface area contributed by atoms with Crippen LogP contribution in [0.15, 0.2) is 58.5 Å². The van der Waals surface area contributed by atoms with Gasteiger partial charge in [0.05, 0.1) is 18.0 Å². The van der Waals surface area contributed by atoms with Gasteiger partial charge in [0, 0.05) is 26.0 Å². The molecule has 0 amide bonds. The largest absolute Gasteiger partial charge is 0.497 e. The van der Waals surface area contributed by atoms with Gasteiger partial charge in [0.2, 0.25) is 0 Å². The molecule has 3 aromatic rings. The first-order chi connectivity index (χ1) is 12.7. The summed E-state index contributed by atoms with van der Waals surface area (Å²) in [5.41, 5.74) is 1.86. The zero-order valence-corrected chi connectivity index (χ0v) is 15.8. The van der Waals surface area contributed by atoms with E-state index in [-0.39, 0.29) is 5.56 Å². The fourth-order valence-corrected chi connectivity index (χ4v) is 3.70. The zero-order chi connectivity index (χ0) is 18.4. The lowest BCUT2D eigenvalue weighted by molar-refractivity contribution is 0.189. The van der Waals surface area contributed by atoms with E-state index in [0.29, 0.717) is 24.3 Å². The Morgan fingerprint density at radius 1 is 1.12 bits per heavy atom. The number of fused-ring (bicyclic) bond motifs is 1. The van der Waals surface area contributed by atoms with E-state index < -0.39 is 0 Å². The monoisotopic (exact) mass is 370 g/mol. The standard InChI is InChI=1S/C20H22N2O3S/c1-24-12-6-11-22-19(23)17-9-3-4-10-18(17)21-20(22)26-14-15-7-5-8-16(13-15)25-2/h3-5,7-10,13H,6,11-12,14H2,1-2H3. The van der Waals surface area contributed by atoms with Crippen LogP contribution in [0.3, 0.4) is 0 Å². The number of benzene rings is 2. The Morgan fingerprint density at radius 2 is 1.96 bits per heavy atom. The Morgan fingerprint density at radius 3 is 2.77 bits per heavy atom. The lowest BCUT2D eigenvalue weighted by atomic mass is 10.2. The Balaban J connectivity index is 1.91. The summed E-state index contributed by atoms with van der Waals surface area (Å²) in [4.78, 5) is 17.6. The van der Waals surface area contributed by atoms with Gasteiger partial charge >= 0.3 is 0 Å². The number of para-hydroxylation sites is 1. The third-order valence-electron chi connectivity index (χ3n) is 4.06. The highest BCUT2D eigenvalue weighted by Crippen LogP contribution is 2.24. The SMILES string of the molecule is COCCCn1c(SCc2cccc(OC)c2)nc2ccccc2c1=O. The Hall–Kier alpha value is -2.31. The molecule has 1 aromatic heterocycles. The van der Waals surface area contributed by atoms with Gasteiger partial charge in [-0.05, 0) is 36.2 Å². The molecule has 0 spiro atoms. The first-order valence-electron chi connectivity index (χ1n) is 8.47. The van der Waals surface area contributed by atoms with Gasteiger partial charge in [0.15, 0.2) is 5.16 Å². The fourth-order valence-electron chi connectivity index (χ4n) is 2.73. The summed E-state index contributed by atoms with van der Waals surface area (Å²) < 4.78 is 12.2. The number of aromatic nitrogens is 2. The van der Waals surface area contributed by atoms with Crippen LogP contribution >= 0.6 is 11.8 Å². The molecule has 0 saturated carbocycles. The summed E-state index contributed by atoms with van der Waals surface area (Å²) in [5, 5.41) is 1.38. The molecule has 0 bridgehead atoms. The zero-order valence-electron chi connectivity index (χ0n) is 15.0. The second-order valence-corrected chi connectivity index (χ2v) is 6.80. The van der Waals surface area contributed by atoms with Crippen molar-refractivity contribution in [3.63, 3.8) is 0 Å². The molecule has 136 valence electrons. The lowest BCUT2D eigenvalue weighted by Gasteiger charge is -2.13. The van der Waals surface area contributed by atoms with E-state index >= 15 is 0 Å². The Kier molecular flexibility index (Phi) is 6.30. The molecule has 26 heavy (non-hydrogen) atoms. The minimum absolute atomic E-state index is 0.000143. The first-order valence-corrected chi connectivity index (χ1v) is 9.45. The molecule has 0 aliphatic rings. The molecule has 0 radical (unpaired) electrons. The van der Waals surface area contributed by atoms with Gasteiger partial charge < -0.3 is 9.47 Å². The third-order valence-corrected chi connectivity index (χ3v) is 5.11. The third kappa shape index (κ3) is 4.26. The van der Waals surface area contributed by atoms with Crippen LogP contribution < -0.4 is 10.3 Å². The van der Waals surface area contributed by atoms with Crippen LogP contribution in [0.2, 0.25) is 0 Å². The van der Waals surface area contributed by atoms with Crippen LogP contribution in [-0.2, 0) is 17.0 Å². The highest BCUT2D eigenvalue weighted by atomic mass is 32.2. The second kappa shape index (κ2) is 8.87. The predicted molar refractivity (Wildman–Crippen MR) is 105 cm³/mol. The van der Waals surface area contributed by atoms with Gasteiger partial charge in [-0.1, -0.05) is 36.0 Å². The first kappa shape index (κ1) is 18.5. The average Bonchev–Trinajstić information content (AvgIpc) is 2.68. The molecular weight excluding hydrogens is 348 g/mol. The van der Waals surface area contributed by atoms with Gasteiger partial charge in [-0.15, -0.1) is 0 Å². The second-order valence-electron chi connectivity index (χ2n) is 5.85. The highest BCUT2D eigenvalue weighted by molar-refractivity contribution is 7.98. The number of ether oxygens (including phenoxy) is 2. The summed E-state index contributed by atoms with van der Waals surface area (Å²) in [6, 6.07) is 15.4. The van der Waals surface area contributed by atoms with E-state index in [9.17, 15) is 4.79 Å². The summed E-state index contributed by atoms with van der Waals surface area (Å²) in [7, 11) is 3.32. The molecule has 6 heteroatoms. The number of methoxy groups -OCH3 is 2. The molecule has 0 atom stereocenters. The van der Waals surface area contributed by atoms with Gasteiger partial charge in [-0.3, -0.25) is 9.36 Å². The van der Waals surface area contributed by atoms with Crippen LogP contribution in [0.5, 0.6) is 5.75 Å². The number of thioether (sulfide) groups is 1. The van der Waals surface area contributed by atoms with Gasteiger partial charge in [0.25, 0.3) is 5.56 Å². The quantitative estimate of drug-likeness (QED) is 0.343. The van der Waals surface area contributed by atoms with E-state index in [1.165, 1.54) is 0 Å². The molecule has 3 rings (SSSR count). The van der Waals surface area contributed by atoms with Crippen molar-refractivity contribution in [3.8, 4) is 5.75 Å². The molecule has 0 saturated heterocycles. The van der Waals surface area contributed by atoms with Crippen LogP contribution in [0, 0.1) is 0 Å². The molecule has 0 fully saturated rings. The number of hydrogen-bond donors (Lipinski definition) is 0. The molecule has 0 aliphatic heterocycles. The van der Waals surface area contributed by atoms with Crippen molar-refractivity contribution < 1.29 is 9.47 Å². The molecule has 0 aliphatic carbocycles. The molecule has 0 unspecified atom stereocenters. The summed E-state index contributed by atoms with van der Waals surface area (Å²) in [6.45, 7) is 1.20. The van der Waals surface area contributed by atoms with E-state index in [2.05, 4.69) is 0 Å². The van der Waals surface area contributed by atoms with E-state index in [1.807, 2.05) is 48.5 Å². The lowest BCUT2D eigenvalue weighted by Crippen LogP contribution is -2.24. The molecular formula is C20H22N2O3S. The maximum absolute atomic E-state index is 12.9. The normalized spacial score (nSPS) is 11.0. The number of nitrogens with zero attached hydrogens (tertiary/aromatic N) is 2. The summed E-state index contributed by atoms with van der Waals surface area (Å²) in [6.07, 6.45) is 0.767. The van der Waals surface area contributed by atoms with Crippen molar-refractivity contribution in [1.82, 2.24) is 9.55 Å². The van der Waals surface area contributed by atoms with E-state index in [1.54, 1.807) is 30.5 Å². The van der Waals surface area contributed by atoms with E-state index in [0.717, 1.165) is 28.4 Å². The minimum Gasteiger partial charge on any atom is -0.497 e. The van der Waals surface area contributed by atoms with Crippen LogP contribution in [0.1, 0.15) is 12.0 Å². The highest BCUT2D eigenvalue weighted by Gasteiger charge is 2.11. The fraction of sp³-hybridized carbons (Fsp3) is 0.300. The number of hydrogen-bond acceptors (Lipinski definition) is 5. The minimum atomic E-state index is -0.000143. The van der Waals surface area contributed by atoms with Crippen molar-refractivity contribution in [2.75, 3.05) is 20.8 Å². The molecule has 5 nitrogen and oxygen atoms in total. The summed E-state index contributed by atoms with van der Waals surface area (Å²) in [5.74, 6) is 1.54. The molecule has 0 N–H and O–H groups in total. The Bertz CT molecular complexity index is 940. The number of rotatable bonds is 8. The Labute approximate surface area is 157 Å². The maximum Gasteiger partial charge on any atom is 0.262 e. The topological polar surface area (TPSA) is 53.4 Å². The molecule has 1 heterocycles. The predicted octanol–water partition coefficient (Wildman–Crippen LogP) is 3.73. The van der Waals surface area contributed by atoms with Crippen LogP contribution in [-0.4, -0.2) is 30.4 Å². The van der Waals surface area contributed by atoms with Crippen LogP contribution in [0.25, 0.3) is 10.9 Å².